The number of rotatable bonds is 8. The molecule has 1 aromatic heterocycles. The fourth-order valence-electron chi connectivity index (χ4n) is 3.71. The maximum Gasteiger partial charge on any atom is 0.233 e. The molecule has 3 rings (SSSR count). The normalized spacial score (nSPS) is 20.4. The Hall–Kier alpha value is -1.95. The molecule has 1 aromatic rings. The van der Waals surface area contributed by atoms with Gasteiger partial charge in [-0.05, 0) is 57.1 Å². The minimum absolute atomic E-state index is 0.0838. The Labute approximate surface area is 150 Å². The summed E-state index contributed by atoms with van der Waals surface area (Å²) in [5.74, 6) is 1.01. The van der Waals surface area contributed by atoms with Gasteiger partial charge in [-0.2, -0.15) is 5.10 Å². The van der Waals surface area contributed by atoms with Crippen molar-refractivity contribution in [2.75, 3.05) is 31.1 Å². The van der Waals surface area contributed by atoms with E-state index in [1.165, 1.54) is 31.3 Å². The zero-order valence-electron chi connectivity index (χ0n) is 14.9. The zero-order chi connectivity index (χ0) is 17.3. The van der Waals surface area contributed by atoms with Crippen LogP contribution in [-0.4, -0.2) is 48.3 Å². The summed E-state index contributed by atoms with van der Waals surface area (Å²) in [6, 6.07) is 4.30. The highest BCUT2D eigenvalue weighted by atomic mass is 16.1. The molecule has 1 aliphatic carbocycles. The molecule has 0 radical (unpaired) electrons. The molecule has 0 unspecified atom stereocenters. The molecule has 0 saturated carbocycles. The fourth-order valence-corrected chi connectivity index (χ4v) is 3.71. The number of carbonyl (C=O) groups is 1. The molecule has 25 heavy (non-hydrogen) atoms. The van der Waals surface area contributed by atoms with Crippen molar-refractivity contribution < 1.29 is 4.79 Å². The summed E-state index contributed by atoms with van der Waals surface area (Å²) in [6.45, 7) is 2.94. The number of nitrogens with zero attached hydrogens (tertiary/aromatic N) is 3. The molecule has 2 heterocycles. The van der Waals surface area contributed by atoms with Crippen LogP contribution < -0.4 is 15.5 Å². The molecular formula is C19H29N5O. The van der Waals surface area contributed by atoms with Gasteiger partial charge in [0, 0.05) is 31.9 Å². The Morgan fingerprint density at radius 3 is 3.08 bits per heavy atom. The van der Waals surface area contributed by atoms with E-state index in [1.807, 2.05) is 12.1 Å². The first kappa shape index (κ1) is 17.9. The number of carbonyl (C=O) groups excluding carboxylic acids is 1. The Balaban J connectivity index is 1.33. The third kappa shape index (κ3) is 5.53. The molecule has 2 N–H and O–H groups in total. The standard InChI is InChI=1S/C19H29N5O/c25-19(21-12-10-16-6-2-1-3-7-16)15-20-14-17-8-5-13-24(17)18-9-4-11-22-23-18/h4,6,9,11,17,20H,1-3,5,7-8,10,12-15H2,(H,21,25)/t17-/m0/s1. The summed E-state index contributed by atoms with van der Waals surface area (Å²) in [5, 5.41) is 14.5. The zero-order valence-corrected chi connectivity index (χ0v) is 14.9. The average Bonchev–Trinajstić information content (AvgIpc) is 3.12. The van der Waals surface area contributed by atoms with Gasteiger partial charge in [-0.15, -0.1) is 5.10 Å². The highest BCUT2D eigenvalue weighted by Crippen LogP contribution is 2.22. The topological polar surface area (TPSA) is 70.2 Å². The Bertz CT molecular complexity index is 574. The van der Waals surface area contributed by atoms with Crippen molar-refractivity contribution >= 4 is 11.7 Å². The van der Waals surface area contributed by atoms with E-state index in [0.717, 1.165) is 44.7 Å². The van der Waals surface area contributed by atoms with Crippen LogP contribution in [0.4, 0.5) is 5.82 Å². The summed E-state index contributed by atoms with van der Waals surface area (Å²) in [6.07, 6.45) is 12.3. The van der Waals surface area contributed by atoms with Crippen molar-refractivity contribution in [1.82, 2.24) is 20.8 Å². The van der Waals surface area contributed by atoms with Crippen molar-refractivity contribution in [3.8, 4) is 0 Å². The minimum Gasteiger partial charge on any atom is -0.355 e. The molecule has 0 aromatic carbocycles. The molecule has 1 saturated heterocycles. The molecule has 1 atom stereocenters. The van der Waals surface area contributed by atoms with Crippen LogP contribution in [-0.2, 0) is 4.79 Å². The van der Waals surface area contributed by atoms with Crippen LogP contribution in [0, 0.1) is 0 Å². The van der Waals surface area contributed by atoms with Crippen LogP contribution in [0.15, 0.2) is 30.0 Å². The van der Waals surface area contributed by atoms with Gasteiger partial charge in [-0.3, -0.25) is 4.79 Å². The number of hydrogen-bond acceptors (Lipinski definition) is 5. The van der Waals surface area contributed by atoms with Crippen LogP contribution in [0.25, 0.3) is 0 Å². The van der Waals surface area contributed by atoms with Gasteiger partial charge in [0.05, 0.1) is 6.54 Å². The molecule has 1 fully saturated rings. The van der Waals surface area contributed by atoms with E-state index >= 15 is 0 Å². The number of allylic oxidation sites excluding steroid dienone is 1. The first-order valence-corrected chi connectivity index (χ1v) is 9.52. The second-order valence-corrected chi connectivity index (χ2v) is 6.91. The second kappa shape index (κ2) is 9.51. The maximum atomic E-state index is 12.0. The Morgan fingerprint density at radius 2 is 2.28 bits per heavy atom. The minimum atomic E-state index is 0.0838. The van der Waals surface area contributed by atoms with Gasteiger partial charge in [-0.1, -0.05) is 11.6 Å². The fraction of sp³-hybridized carbons (Fsp3) is 0.632. The lowest BCUT2D eigenvalue weighted by molar-refractivity contribution is -0.120. The maximum absolute atomic E-state index is 12.0. The van der Waals surface area contributed by atoms with E-state index < -0.39 is 0 Å². The lowest BCUT2D eigenvalue weighted by Crippen LogP contribution is -2.42. The van der Waals surface area contributed by atoms with E-state index in [9.17, 15) is 4.79 Å². The first-order valence-electron chi connectivity index (χ1n) is 9.52. The summed E-state index contributed by atoms with van der Waals surface area (Å²) in [7, 11) is 0. The number of aromatic nitrogens is 2. The molecule has 136 valence electrons. The smallest absolute Gasteiger partial charge is 0.233 e. The van der Waals surface area contributed by atoms with Crippen molar-refractivity contribution in [2.24, 2.45) is 0 Å². The van der Waals surface area contributed by atoms with Crippen LogP contribution in [0.2, 0.25) is 0 Å². The van der Waals surface area contributed by atoms with E-state index in [-0.39, 0.29) is 5.91 Å². The van der Waals surface area contributed by atoms with Gasteiger partial charge in [0.1, 0.15) is 0 Å². The van der Waals surface area contributed by atoms with Crippen LogP contribution in [0.3, 0.4) is 0 Å². The van der Waals surface area contributed by atoms with Crippen molar-refractivity contribution in [1.29, 1.82) is 0 Å². The van der Waals surface area contributed by atoms with Gasteiger partial charge in [0.2, 0.25) is 5.91 Å². The van der Waals surface area contributed by atoms with Gasteiger partial charge >= 0.3 is 0 Å². The second-order valence-electron chi connectivity index (χ2n) is 6.91. The number of nitrogens with one attached hydrogen (secondary N) is 2. The predicted molar refractivity (Wildman–Crippen MR) is 99.4 cm³/mol. The van der Waals surface area contributed by atoms with Crippen molar-refractivity contribution in [3.63, 3.8) is 0 Å². The quantitative estimate of drug-likeness (QED) is 0.707. The Morgan fingerprint density at radius 1 is 1.32 bits per heavy atom. The van der Waals surface area contributed by atoms with Crippen LogP contribution in [0.1, 0.15) is 44.9 Å². The third-order valence-corrected chi connectivity index (χ3v) is 5.05. The number of anilines is 1. The lowest BCUT2D eigenvalue weighted by atomic mass is 9.97. The monoisotopic (exact) mass is 343 g/mol. The van der Waals surface area contributed by atoms with E-state index in [4.69, 9.17) is 0 Å². The third-order valence-electron chi connectivity index (χ3n) is 5.05. The summed E-state index contributed by atoms with van der Waals surface area (Å²) in [5.41, 5.74) is 1.50. The van der Waals surface area contributed by atoms with E-state index in [0.29, 0.717) is 12.6 Å². The highest BCUT2D eigenvalue weighted by molar-refractivity contribution is 5.77. The molecule has 1 aliphatic heterocycles. The van der Waals surface area contributed by atoms with Gasteiger partial charge < -0.3 is 15.5 Å². The summed E-state index contributed by atoms with van der Waals surface area (Å²) in [4.78, 5) is 14.3. The highest BCUT2D eigenvalue weighted by Gasteiger charge is 2.25. The molecule has 2 aliphatic rings. The summed E-state index contributed by atoms with van der Waals surface area (Å²) < 4.78 is 0. The number of hydrogen-bond donors (Lipinski definition) is 2. The molecule has 0 spiro atoms. The molecular weight excluding hydrogens is 314 g/mol. The van der Waals surface area contributed by atoms with Gasteiger partial charge in [-0.25, -0.2) is 0 Å². The van der Waals surface area contributed by atoms with E-state index in [1.54, 1.807) is 6.20 Å². The van der Waals surface area contributed by atoms with Crippen LogP contribution >= 0.6 is 0 Å². The molecule has 0 bridgehead atoms. The predicted octanol–water partition coefficient (Wildman–Crippen LogP) is 2.04. The Kier molecular flexibility index (Phi) is 6.79. The molecule has 1 amide bonds. The average molecular weight is 343 g/mol. The first-order chi connectivity index (χ1) is 12.3. The van der Waals surface area contributed by atoms with Gasteiger partial charge in [0.15, 0.2) is 5.82 Å². The van der Waals surface area contributed by atoms with Crippen molar-refractivity contribution in [3.05, 3.63) is 30.0 Å². The van der Waals surface area contributed by atoms with Gasteiger partial charge in [0.25, 0.3) is 0 Å². The number of amides is 1. The molecule has 6 heteroatoms. The largest absolute Gasteiger partial charge is 0.355 e. The summed E-state index contributed by atoms with van der Waals surface area (Å²) >= 11 is 0. The molecule has 6 nitrogen and oxygen atoms in total. The lowest BCUT2D eigenvalue weighted by Gasteiger charge is -2.25. The van der Waals surface area contributed by atoms with Crippen LogP contribution in [0.5, 0.6) is 0 Å². The van der Waals surface area contributed by atoms with Crippen molar-refractivity contribution in [2.45, 2.75) is 51.0 Å². The van der Waals surface area contributed by atoms with E-state index in [2.05, 4.69) is 31.8 Å². The SMILES string of the molecule is O=C(CNC[C@@H]1CCCN1c1cccnn1)NCCC1=CCCCC1.